The number of fused-ring (bicyclic) bond motifs is 4. The Kier molecular flexibility index (Phi) is 68.6. The maximum absolute atomic E-state index is 12.8. The number of carbonyl (C=O) groups excluding carboxylic acids is 1. The summed E-state index contributed by atoms with van der Waals surface area (Å²) < 4.78 is 211. The summed E-state index contributed by atoms with van der Waals surface area (Å²) in [5, 5.41) is 12.5. The summed E-state index contributed by atoms with van der Waals surface area (Å²) >= 11 is 0. The Balaban J connectivity index is 0.0000370. The van der Waals surface area contributed by atoms with E-state index in [1.54, 1.807) is 13.2 Å². The van der Waals surface area contributed by atoms with E-state index >= 15 is 0 Å². The van der Waals surface area contributed by atoms with Gasteiger partial charge in [0, 0.05) is 68.4 Å². The normalized spacial score (nSPS) is 14.8. The van der Waals surface area contributed by atoms with Gasteiger partial charge in [0.25, 0.3) is 5.69 Å². The van der Waals surface area contributed by atoms with E-state index < -0.39 is 41.4 Å². The number of benzene rings is 3. The van der Waals surface area contributed by atoms with Crippen molar-refractivity contribution in [3.05, 3.63) is 89.7 Å². The number of nitrogens with one attached hydrogen (secondary N) is 1. The van der Waals surface area contributed by atoms with Crippen LogP contribution in [0.25, 0.3) is 10.8 Å². The number of unbranched alkanes of at least 4 members (excludes halogenated alkanes) is 5. The van der Waals surface area contributed by atoms with Crippen molar-refractivity contribution in [2.24, 2.45) is 0 Å². The zero-order chi connectivity index (χ0) is 95.0. The van der Waals surface area contributed by atoms with Gasteiger partial charge in [-0.25, -0.2) is 21.3 Å². The van der Waals surface area contributed by atoms with Crippen LogP contribution in [-0.4, -0.2) is 405 Å². The fraction of sp³-hybridized carbons (Fsp3) is 0.734. The Labute approximate surface area is 790 Å². The Morgan fingerprint density at radius 1 is 0.444 bits per heavy atom. The number of aryl methyl sites for hydroxylation is 1. The highest BCUT2D eigenvalue weighted by molar-refractivity contribution is 7.86. The van der Waals surface area contributed by atoms with E-state index in [2.05, 4.69) is 67.0 Å². The smallest absolute Gasteiger partial charge is 0.374 e. The van der Waals surface area contributed by atoms with E-state index in [-0.39, 0.29) is 30.5 Å². The lowest BCUT2D eigenvalue weighted by Gasteiger charge is -2.31. The molecule has 0 aliphatic carbocycles. The van der Waals surface area contributed by atoms with Crippen molar-refractivity contribution in [3.8, 4) is 0 Å². The van der Waals surface area contributed by atoms with Crippen molar-refractivity contribution in [1.29, 1.82) is 0 Å². The second kappa shape index (κ2) is 76.3. The Morgan fingerprint density at radius 2 is 0.812 bits per heavy atom. The molecule has 0 radical (unpaired) electrons. The summed E-state index contributed by atoms with van der Waals surface area (Å²) in [6.45, 7) is 29.9. The highest BCUT2D eigenvalue weighted by atomic mass is 32.2. The molecule has 3 aromatic carbocycles. The number of nitrogens with zero attached hydrogens (tertiary/aromatic N) is 3. The molecule has 0 saturated carbocycles. The van der Waals surface area contributed by atoms with Crippen molar-refractivity contribution in [2.75, 3.05) is 356 Å². The van der Waals surface area contributed by atoms with Crippen LogP contribution in [0.15, 0.2) is 88.3 Å². The SMILES string of the molecule is C.CCCCN1C(=CC=CC=CC2=[N+](CCCCCC(=O)NCCOCCOCCOCCOCCOCCOCCOCCOCCOCCOCCOCCOCCOCCOCCOCCOCCOCCOCCOCCOCCOCCOCCOCCOC)c3ccc(C)cc3[N+]2(C)C)C(C)(CCCCCC(=O)O)c2c1ccc1c(S(=O)(=O)[O-])cc(S(=O)(=O)[O-])cc21. The minimum absolute atomic E-state index is 0. The number of methoxy groups -OCH3 is 1. The lowest BCUT2D eigenvalue weighted by atomic mass is 9.75. The number of carbonyl (C=O) groups is 2. The summed E-state index contributed by atoms with van der Waals surface area (Å²) in [6.07, 6.45) is 16.4. The number of anilines is 1. The molecular weight excluding hydrogens is 1780 g/mol. The minimum Gasteiger partial charge on any atom is -0.744 e. The number of quaternary nitrogens is 1. The number of likely N-dealkylation sites (N-methyl/N-ethyl adjacent to an activating group) is 1. The number of rotatable bonds is 92. The maximum Gasteiger partial charge on any atom is 0.374 e. The van der Waals surface area contributed by atoms with Crippen molar-refractivity contribution < 1.29 is 159 Å². The van der Waals surface area contributed by atoms with Gasteiger partial charge in [-0.15, -0.1) is 4.58 Å². The highest BCUT2D eigenvalue weighted by Gasteiger charge is 2.47. The zero-order valence-electron chi connectivity index (χ0n) is 79.2. The van der Waals surface area contributed by atoms with Gasteiger partial charge in [0.15, 0.2) is 6.54 Å². The molecule has 0 spiro atoms. The summed E-state index contributed by atoms with van der Waals surface area (Å²) in [5.74, 6) is 0.114. The average molecular weight is 1940 g/mol. The first-order valence-electron chi connectivity index (χ1n) is 46.5. The van der Waals surface area contributed by atoms with E-state index in [0.29, 0.717) is 378 Å². The largest absolute Gasteiger partial charge is 0.744 e. The molecular formula is C94H158N4O33S2. The molecule has 0 aromatic heterocycles. The molecule has 133 heavy (non-hydrogen) atoms. The average Bonchev–Trinajstić information content (AvgIpc) is 1.56. The first-order valence-corrected chi connectivity index (χ1v) is 49.3. The maximum atomic E-state index is 12.8. The second-order valence-corrected chi connectivity index (χ2v) is 33.9. The van der Waals surface area contributed by atoms with Crippen molar-refractivity contribution >= 4 is 65.8 Å². The molecule has 2 aliphatic heterocycles. The number of aliphatic carboxylic acids is 1. The topological polar surface area (TPSA) is 409 Å². The van der Waals surface area contributed by atoms with Crippen LogP contribution in [-0.2, 0) is 149 Å². The van der Waals surface area contributed by atoms with E-state index in [9.17, 15) is 40.6 Å². The first-order chi connectivity index (χ1) is 64.2. The third-order valence-corrected chi connectivity index (χ3v) is 22.4. The molecule has 3 aromatic rings. The fourth-order valence-electron chi connectivity index (χ4n) is 14.0. The molecule has 1 atom stereocenters. The molecule has 1 unspecified atom stereocenters. The predicted octanol–water partition coefficient (Wildman–Crippen LogP) is 8.53. The summed E-state index contributed by atoms with van der Waals surface area (Å²) in [7, 11) is -4.48. The van der Waals surface area contributed by atoms with E-state index in [4.69, 9.17) is 114 Å². The van der Waals surface area contributed by atoms with Crippen LogP contribution in [0.3, 0.4) is 0 Å². The van der Waals surface area contributed by atoms with E-state index in [1.165, 1.54) is 12.1 Å². The van der Waals surface area contributed by atoms with E-state index in [1.807, 2.05) is 31.2 Å². The number of hydrogen-bond acceptors (Lipinski definition) is 33. The van der Waals surface area contributed by atoms with Gasteiger partial charge in [0.2, 0.25) is 11.6 Å². The van der Waals surface area contributed by atoms with Crippen molar-refractivity contribution in [3.63, 3.8) is 0 Å². The summed E-state index contributed by atoms with van der Waals surface area (Å²) in [5.41, 5.74) is 4.64. The summed E-state index contributed by atoms with van der Waals surface area (Å²) in [6, 6.07) is 11.5. The Bertz CT molecular complexity index is 3880. The van der Waals surface area contributed by atoms with Gasteiger partial charge < -0.3 is 138 Å². The molecule has 764 valence electrons. The standard InChI is InChI=1S/C93H154N4O33S2.CH4/c1-7-8-28-95-85-25-23-82-83(78-81(131(101,102)103)79-87(82)132(104,105)106)92(85)93(3,26-16-10-15-21-91(99)100)88(95)18-12-9-14-20-90-96(84-24-22-80(2)77-86(84)97(90,4)5)29-17-11-13-19-89(98)94-27-30-108-33-34-110-37-38-112-41-42-114-45-46-116-49-50-118-53-54-120-57-58-122-61-62-124-65-66-126-69-70-128-73-74-130-76-75-129-72-71-127-68-67-125-64-63-123-60-59-121-56-55-119-52-51-117-48-47-115-44-43-113-40-39-111-36-35-109-32-31-107-6;/h9,12,14,18,20,22-25,77-79H,7-8,10-11,13,15-17,19,21,26-76H2,1-6H3,(H2-2,94,98,99,100,101,102,103,104,105,106);1H4. The van der Waals surface area contributed by atoms with Crippen LogP contribution in [0, 0.1) is 6.92 Å². The van der Waals surface area contributed by atoms with Crippen LogP contribution in [0.2, 0.25) is 0 Å². The molecule has 5 rings (SSSR count). The predicted molar refractivity (Wildman–Crippen MR) is 500 cm³/mol. The monoisotopic (exact) mass is 1940 g/mol. The lowest BCUT2D eigenvalue weighted by Crippen LogP contribution is -2.45. The van der Waals surface area contributed by atoms with Crippen LogP contribution in [0.4, 0.5) is 17.1 Å². The van der Waals surface area contributed by atoms with Crippen LogP contribution in [0.1, 0.15) is 103 Å². The molecule has 37 nitrogen and oxygen atoms in total. The second-order valence-electron chi connectivity index (χ2n) is 31.2. The molecule has 0 bridgehead atoms. The molecule has 0 fully saturated rings. The molecule has 2 aliphatic rings. The Hall–Kier alpha value is -5.63. The van der Waals surface area contributed by atoms with E-state index in [0.717, 1.165) is 67.1 Å². The zero-order valence-corrected chi connectivity index (χ0v) is 80.9. The molecule has 2 N–H and O–H groups in total. The first kappa shape index (κ1) is 120. The molecule has 2 heterocycles. The van der Waals surface area contributed by atoms with Gasteiger partial charge in [0.05, 0.1) is 340 Å². The quantitative estimate of drug-likeness (QED) is 0.0176. The number of carboxylic acids is 1. The van der Waals surface area contributed by atoms with Gasteiger partial charge in [0.1, 0.15) is 20.2 Å². The van der Waals surface area contributed by atoms with Gasteiger partial charge in [-0.3, -0.25) is 9.59 Å². The highest BCUT2D eigenvalue weighted by Crippen LogP contribution is 2.54. The van der Waals surface area contributed by atoms with Gasteiger partial charge in [-0.2, -0.15) is 0 Å². The molecule has 39 heteroatoms. The lowest BCUT2D eigenvalue weighted by molar-refractivity contribution is -0.438. The van der Waals surface area contributed by atoms with Crippen LogP contribution in [0.5, 0.6) is 0 Å². The fourth-order valence-corrected chi connectivity index (χ4v) is 15.3. The minimum atomic E-state index is -5.23. The number of allylic oxidation sites excluding steroid dienone is 5. The van der Waals surface area contributed by atoms with Gasteiger partial charge in [-0.1, -0.05) is 57.9 Å². The third-order valence-electron chi connectivity index (χ3n) is 20.7. The van der Waals surface area contributed by atoms with Crippen LogP contribution >= 0.6 is 0 Å². The number of amidine groups is 1. The van der Waals surface area contributed by atoms with Crippen molar-refractivity contribution in [2.45, 2.75) is 114 Å². The third kappa shape index (κ3) is 53.4. The van der Waals surface area contributed by atoms with Gasteiger partial charge >= 0.3 is 11.8 Å². The molecule has 1 amide bonds. The number of carboxylic acid groups (broad SMARTS) is 1. The van der Waals surface area contributed by atoms with Crippen LogP contribution < -0.4 is 14.7 Å². The Morgan fingerprint density at radius 3 is 1.17 bits per heavy atom. The van der Waals surface area contributed by atoms with Gasteiger partial charge in [-0.05, 0) is 98.2 Å². The number of hydrogen-bond donors (Lipinski definition) is 2. The summed E-state index contributed by atoms with van der Waals surface area (Å²) in [4.78, 5) is 24.8. The van der Waals surface area contributed by atoms with Crippen molar-refractivity contribution in [1.82, 2.24) is 9.80 Å². The number of ether oxygens (including phenoxy) is 24. The number of amides is 1. The molecule has 0 saturated heterocycles.